The van der Waals surface area contributed by atoms with Crippen LogP contribution in [0.5, 0.6) is 17.2 Å². The summed E-state index contributed by atoms with van der Waals surface area (Å²) in [6.45, 7) is 2.27. The minimum absolute atomic E-state index is 0.0658. The van der Waals surface area contributed by atoms with Crippen molar-refractivity contribution < 1.29 is 39.5 Å². The van der Waals surface area contributed by atoms with Gasteiger partial charge >= 0.3 is 0 Å². The molecule has 5 aromatic rings. The number of aromatic nitrogens is 3. The van der Waals surface area contributed by atoms with Crippen LogP contribution < -0.4 is 9.47 Å². The number of sulfone groups is 2. The minimum atomic E-state index is -4.10. The Kier molecular flexibility index (Phi) is 7.32. The summed E-state index contributed by atoms with van der Waals surface area (Å²) in [7, 11) is -7.48. The highest BCUT2D eigenvalue weighted by Gasteiger charge is 2.38. The number of aromatic amines is 2. The molecule has 0 fully saturated rings. The predicted octanol–water partition coefficient (Wildman–Crippen LogP) is 6.27. The van der Waals surface area contributed by atoms with Crippen LogP contribution in [0.4, 0.5) is 13.2 Å². The van der Waals surface area contributed by atoms with E-state index in [1.54, 1.807) is 18.3 Å². The van der Waals surface area contributed by atoms with E-state index in [4.69, 9.17) is 9.47 Å². The van der Waals surface area contributed by atoms with Crippen molar-refractivity contribution >= 4 is 36.7 Å². The normalized spacial score (nSPS) is 17.0. The van der Waals surface area contributed by atoms with Gasteiger partial charge in [-0.2, -0.15) is 4.39 Å². The van der Waals surface area contributed by atoms with Crippen molar-refractivity contribution in [1.29, 1.82) is 0 Å². The zero-order valence-corrected chi connectivity index (χ0v) is 25.7. The van der Waals surface area contributed by atoms with Crippen molar-refractivity contribution in [3.05, 3.63) is 94.5 Å². The minimum Gasteiger partial charge on any atom is -0.493 e. The number of para-hydroxylation sites is 1. The average Bonchev–Trinajstić information content (AvgIpc) is 3.66. The summed E-state index contributed by atoms with van der Waals surface area (Å²) in [6, 6.07) is 10.1. The SMILES string of the molecule is CC1(c2cnc(-c3cc(Oc4c(F)c(F)c5[nH]ccc5c4S(C)(=O)=O)ccc3F)[nH]2)CCOc2c(/C=C/S(C)(=O)=O)cccc21. The maximum atomic E-state index is 15.2. The lowest BCUT2D eigenvalue weighted by Gasteiger charge is -2.35. The molecule has 6 rings (SSSR count). The Morgan fingerprint density at radius 3 is 2.56 bits per heavy atom. The van der Waals surface area contributed by atoms with Crippen LogP contribution in [0, 0.1) is 17.5 Å². The first kappa shape index (κ1) is 30.5. The lowest BCUT2D eigenvalue weighted by atomic mass is 9.75. The Balaban J connectivity index is 1.39. The summed E-state index contributed by atoms with van der Waals surface area (Å²) < 4.78 is 105. The van der Waals surface area contributed by atoms with Gasteiger partial charge in [0.15, 0.2) is 31.2 Å². The molecule has 3 heterocycles. The molecule has 1 atom stereocenters. The van der Waals surface area contributed by atoms with E-state index in [2.05, 4.69) is 15.0 Å². The molecule has 3 aromatic carbocycles. The topological polar surface area (TPSA) is 131 Å². The fourth-order valence-electron chi connectivity index (χ4n) is 5.49. The van der Waals surface area contributed by atoms with Crippen LogP contribution in [-0.4, -0.2) is 50.9 Å². The Hall–Kier alpha value is -4.56. The monoisotopic (exact) mass is 657 g/mol. The second-order valence-corrected chi connectivity index (χ2v) is 14.9. The third-order valence-electron chi connectivity index (χ3n) is 7.75. The summed E-state index contributed by atoms with van der Waals surface area (Å²) in [5, 5.41) is 1.00. The highest BCUT2D eigenvalue weighted by molar-refractivity contribution is 7.93. The molecule has 2 N–H and O–H groups in total. The molecule has 45 heavy (non-hydrogen) atoms. The molecular formula is C31H26F3N3O6S2. The van der Waals surface area contributed by atoms with E-state index >= 15 is 8.78 Å². The van der Waals surface area contributed by atoms with Crippen LogP contribution in [0.15, 0.2) is 65.2 Å². The molecule has 9 nitrogen and oxygen atoms in total. The number of ether oxygens (including phenoxy) is 2. The Labute approximate surface area is 256 Å². The van der Waals surface area contributed by atoms with Crippen LogP contribution in [-0.2, 0) is 25.1 Å². The van der Waals surface area contributed by atoms with Gasteiger partial charge in [-0.25, -0.2) is 30.6 Å². The molecule has 1 unspecified atom stereocenters. The number of halogens is 3. The number of nitrogens with one attached hydrogen (secondary N) is 2. The maximum Gasteiger partial charge on any atom is 0.204 e. The van der Waals surface area contributed by atoms with Gasteiger partial charge in [-0.15, -0.1) is 0 Å². The van der Waals surface area contributed by atoms with Gasteiger partial charge in [-0.3, -0.25) is 0 Å². The van der Waals surface area contributed by atoms with Gasteiger partial charge in [0.1, 0.15) is 28.0 Å². The number of rotatable bonds is 7. The van der Waals surface area contributed by atoms with Crippen LogP contribution in [0.25, 0.3) is 28.4 Å². The molecule has 1 aliphatic heterocycles. The van der Waals surface area contributed by atoms with Crippen LogP contribution >= 0.6 is 0 Å². The van der Waals surface area contributed by atoms with Gasteiger partial charge in [-0.05, 0) is 43.7 Å². The molecule has 0 bridgehead atoms. The van der Waals surface area contributed by atoms with Gasteiger partial charge in [-0.1, -0.05) is 18.2 Å². The molecule has 2 aromatic heterocycles. The zero-order valence-electron chi connectivity index (χ0n) is 24.1. The summed E-state index contributed by atoms with van der Waals surface area (Å²) in [4.78, 5) is 9.47. The number of fused-ring (bicyclic) bond motifs is 2. The van der Waals surface area contributed by atoms with Crippen molar-refractivity contribution in [2.45, 2.75) is 23.7 Å². The van der Waals surface area contributed by atoms with E-state index in [1.165, 1.54) is 24.4 Å². The first-order chi connectivity index (χ1) is 21.2. The fourth-order valence-corrected chi connectivity index (χ4v) is 6.92. The molecule has 14 heteroatoms. The highest BCUT2D eigenvalue weighted by Crippen LogP contribution is 2.45. The van der Waals surface area contributed by atoms with Gasteiger partial charge < -0.3 is 19.4 Å². The number of benzene rings is 3. The molecule has 234 valence electrons. The number of hydrogen-bond donors (Lipinski definition) is 2. The standard InChI is InChI=1S/C31H26F3N3O6S2/c1-31(11-13-42-27-17(5-4-6-21(27)31)10-14-44(2,38)39)23-16-36-30(37-23)20-15-18(7-8-22(20)32)43-28-25(34)24(33)26-19(9-12-35-26)29(28)45(3,40)41/h4-10,12,14-16,35H,11,13H2,1-3H3,(H,36,37)/b14-10+. The van der Waals surface area contributed by atoms with E-state index in [1.807, 2.05) is 13.0 Å². The summed E-state index contributed by atoms with van der Waals surface area (Å²) in [6.07, 6.45) is 6.76. The first-order valence-electron chi connectivity index (χ1n) is 13.5. The molecule has 1 aliphatic rings. The maximum absolute atomic E-state index is 15.2. The van der Waals surface area contributed by atoms with E-state index < -0.39 is 53.2 Å². The molecule has 0 aliphatic carbocycles. The van der Waals surface area contributed by atoms with E-state index in [0.717, 1.165) is 35.6 Å². The quantitative estimate of drug-likeness (QED) is 0.197. The third-order valence-corrected chi connectivity index (χ3v) is 9.52. The molecule has 0 radical (unpaired) electrons. The third kappa shape index (κ3) is 5.48. The van der Waals surface area contributed by atoms with Gasteiger partial charge in [0.05, 0.1) is 17.7 Å². The smallest absolute Gasteiger partial charge is 0.204 e. The molecule has 0 amide bonds. The Morgan fingerprint density at radius 2 is 1.82 bits per heavy atom. The van der Waals surface area contributed by atoms with Crippen LogP contribution in [0.3, 0.4) is 0 Å². The second-order valence-electron chi connectivity index (χ2n) is 11.0. The van der Waals surface area contributed by atoms with Crippen molar-refractivity contribution in [2.24, 2.45) is 0 Å². The van der Waals surface area contributed by atoms with E-state index in [9.17, 15) is 21.2 Å². The molecule has 0 saturated heterocycles. The Morgan fingerprint density at radius 1 is 1.04 bits per heavy atom. The fraction of sp³-hybridized carbons (Fsp3) is 0.194. The molecular weight excluding hydrogens is 631 g/mol. The zero-order chi connectivity index (χ0) is 32.3. The Bertz CT molecular complexity index is 2240. The summed E-state index contributed by atoms with van der Waals surface area (Å²) in [5.74, 6) is -3.95. The molecule has 0 spiro atoms. The van der Waals surface area contributed by atoms with Crippen LogP contribution in [0.1, 0.15) is 30.2 Å². The van der Waals surface area contributed by atoms with Gasteiger partial charge in [0.2, 0.25) is 5.82 Å². The average molecular weight is 658 g/mol. The first-order valence-corrected chi connectivity index (χ1v) is 17.4. The van der Waals surface area contributed by atoms with E-state index in [0.29, 0.717) is 30.0 Å². The number of imidazole rings is 1. The number of H-pyrrole nitrogens is 2. The van der Waals surface area contributed by atoms with Gasteiger partial charge in [0, 0.05) is 57.9 Å². The van der Waals surface area contributed by atoms with Gasteiger partial charge in [0.25, 0.3) is 0 Å². The van der Waals surface area contributed by atoms with Crippen molar-refractivity contribution in [3.63, 3.8) is 0 Å². The largest absolute Gasteiger partial charge is 0.493 e. The number of hydrogen-bond acceptors (Lipinski definition) is 7. The van der Waals surface area contributed by atoms with Crippen molar-refractivity contribution in [1.82, 2.24) is 15.0 Å². The van der Waals surface area contributed by atoms with Crippen molar-refractivity contribution in [3.8, 4) is 28.6 Å². The lowest BCUT2D eigenvalue weighted by molar-refractivity contribution is 0.241. The summed E-state index contributed by atoms with van der Waals surface area (Å²) in [5.41, 5.74) is 0.879. The van der Waals surface area contributed by atoms with E-state index in [-0.39, 0.29) is 28.0 Å². The summed E-state index contributed by atoms with van der Waals surface area (Å²) >= 11 is 0. The second kappa shape index (κ2) is 10.8. The number of nitrogens with zero attached hydrogens (tertiary/aromatic N) is 1. The highest BCUT2D eigenvalue weighted by atomic mass is 32.2. The van der Waals surface area contributed by atoms with Crippen molar-refractivity contribution in [2.75, 3.05) is 19.1 Å². The lowest BCUT2D eigenvalue weighted by Crippen LogP contribution is -2.31. The predicted molar refractivity (Wildman–Crippen MR) is 162 cm³/mol. The van der Waals surface area contributed by atoms with Crippen LogP contribution in [0.2, 0.25) is 0 Å². The molecule has 0 saturated carbocycles.